The average molecular weight is 434 g/mol. The Morgan fingerprint density at radius 3 is 2.77 bits per heavy atom. The maximum absolute atomic E-state index is 11.6. The maximum atomic E-state index is 11.6. The molecule has 1 aliphatic carbocycles. The normalized spacial score (nSPS) is 17.1. The van der Waals surface area contributed by atoms with E-state index in [1.54, 1.807) is 6.20 Å². The Kier molecular flexibility index (Phi) is 6.33. The van der Waals surface area contributed by atoms with Gasteiger partial charge in [0.05, 0.1) is 30.4 Å². The minimum absolute atomic E-state index is 0.0706. The summed E-state index contributed by atoms with van der Waals surface area (Å²) in [5.74, 6) is -2.30. The Bertz CT molecular complexity index is 1130. The van der Waals surface area contributed by atoms with E-state index in [1.165, 1.54) is 6.33 Å². The van der Waals surface area contributed by atoms with Crippen LogP contribution in [-0.4, -0.2) is 47.8 Å². The molecular formula is C19H17F3N6O3. The van der Waals surface area contributed by atoms with E-state index in [-0.39, 0.29) is 17.7 Å². The molecule has 0 radical (unpaired) electrons. The van der Waals surface area contributed by atoms with Crippen molar-refractivity contribution in [2.24, 2.45) is 5.92 Å². The molecule has 31 heavy (non-hydrogen) atoms. The highest BCUT2D eigenvalue weighted by atomic mass is 19.4. The number of ketones is 1. The van der Waals surface area contributed by atoms with Crippen LogP contribution in [0.15, 0.2) is 31.0 Å². The number of hydrogen-bond acceptors (Lipinski definition) is 6. The Morgan fingerprint density at radius 2 is 2.16 bits per heavy atom. The lowest BCUT2D eigenvalue weighted by Gasteiger charge is -2.20. The van der Waals surface area contributed by atoms with E-state index >= 15 is 0 Å². The van der Waals surface area contributed by atoms with Crippen LogP contribution in [0.4, 0.5) is 13.2 Å². The van der Waals surface area contributed by atoms with Crippen LogP contribution in [-0.2, 0) is 9.59 Å². The summed E-state index contributed by atoms with van der Waals surface area (Å²) in [6.07, 6.45) is 4.27. The Labute approximate surface area is 173 Å². The van der Waals surface area contributed by atoms with Crippen molar-refractivity contribution in [1.82, 2.24) is 24.7 Å². The molecular weight excluding hydrogens is 417 g/mol. The van der Waals surface area contributed by atoms with Gasteiger partial charge in [-0.3, -0.25) is 9.48 Å². The van der Waals surface area contributed by atoms with Crippen LogP contribution in [0, 0.1) is 17.2 Å². The number of nitrogens with zero attached hydrogens (tertiary/aromatic N) is 5. The molecule has 0 amide bonds. The van der Waals surface area contributed by atoms with Gasteiger partial charge in [-0.05, 0) is 18.4 Å². The van der Waals surface area contributed by atoms with E-state index in [9.17, 15) is 18.0 Å². The van der Waals surface area contributed by atoms with E-state index < -0.39 is 12.1 Å². The van der Waals surface area contributed by atoms with E-state index in [1.807, 2.05) is 23.1 Å². The second kappa shape index (κ2) is 8.95. The number of rotatable bonds is 4. The summed E-state index contributed by atoms with van der Waals surface area (Å²) >= 11 is 0. The van der Waals surface area contributed by atoms with Crippen LogP contribution in [0.5, 0.6) is 0 Å². The molecule has 12 heteroatoms. The first-order valence-corrected chi connectivity index (χ1v) is 9.22. The number of nitrogens with one attached hydrogen (secondary N) is 1. The summed E-state index contributed by atoms with van der Waals surface area (Å²) in [5, 5.41) is 21.7. The maximum Gasteiger partial charge on any atom is 0.490 e. The fourth-order valence-corrected chi connectivity index (χ4v) is 3.49. The van der Waals surface area contributed by atoms with Gasteiger partial charge in [-0.2, -0.15) is 23.5 Å². The molecule has 9 nitrogen and oxygen atoms in total. The lowest BCUT2D eigenvalue weighted by Crippen LogP contribution is -2.21. The van der Waals surface area contributed by atoms with Crippen LogP contribution in [0.1, 0.15) is 31.7 Å². The van der Waals surface area contributed by atoms with E-state index in [0.29, 0.717) is 19.3 Å². The van der Waals surface area contributed by atoms with Crippen molar-refractivity contribution in [3.05, 3.63) is 31.0 Å². The molecule has 2 atom stereocenters. The van der Waals surface area contributed by atoms with Crippen molar-refractivity contribution < 1.29 is 27.9 Å². The van der Waals surface area contributed by atoms with Crippen molar-refractivity contribution in [2.75, 3.05) is 0 Å². The molecule has 0 spiro atoms. The number of aromatic amines is 1. The largest absolute Gasteiger partial charge is 0.490 e. The summed E-state index contributed by atoms with van der Waals surface area (Å²) < 4.78 is 33.6. The molecule has 0 saturated heterocycles. The highest BCUT2D eigenvalue weighted by molar-refractivity contribution is 5.90. The van der Waals surface area contributed by atoms with Crippen LogP contribution in [0.2, 0.25) is 0 Å². The smallest absolute Gasteiger partial charge is 0.475 e. The molecule has 3 aromatic heterocycles. The van der Waals surface area contributed by atoms with Crippen LogP contribution in [0.25, 0.3) is 22.3 Å². The van der Waals surface area contributed by atoms with Crippen molar-refractivity contribution in [1.29, 1.82) is 5.26 Å². The molecule has 3 aromatic rings. The number of carbonyl (C=O) groups is 2. The molecule has 0 bridgehead atoms. The van der Waals surface area contributed by atoms with Crippen molar-refractivity contribution in [2.45, 2.75) is 37.9 Å². The zero-order chi connectivity index (χ0) is 22.6. The van der Waals surface area contributed by atoms with E-state index in [2.05, 4.69) is 26.1 Å². The van der Waals surface area contributed by atoms with Gasteiger partial charge < -0.3 is 10.1 Å². The first kappa shape index (κ1) is 21.9. The van der Waals surface area contributed by atoms with Gasteiger partial charge in [0.25, 0.3) is 0 Å². The van der Waals surface area contributed by atoms with Crippen LogP contribution in [0.3, 0.4) is 0 Å². The van der Waals surface area contributed by atoms with Crippen LogP contribution >= 0.6 is 0 Å². The summed E-state index contributed by atoms with van der Waals surface area (Å²) in [6.45, 7) is 0. The molecule has 3 heterocycles. The standard InChI is InChI=1S/C17H16N6O.C2HF3O2/c18-5-3-15(11-1-2-13(24)7-11)23-9-12(8-22-23)16-14-4-6-19-17(14)21-10-20-16;3-2(4,5)1(6)7/h4,6,8-11,15H,1-3,7H2,(H,19,20,21);(H,6,7)/t11-,15?;/m0./s1. The minimum Gasteiger partial charge on any atom is -0.475 e. The first-order valence-electron chi connectivity index (χ1n) is 9.22. The molecule has 1 aliphatic rings. The predicted molar refractivity (Wildman–Crippen MR) is 100 cm³/mol. The molecule has 162 valence electrons. The topological polar surface area (TPSA) is 138 Å². The van der Waals surface area contributed by atoms with Gasteiger partial charge in [-0.15, -0.1) is 0 Å². The first-order chi connectivity index (χ1) is 14.7. The monoisotopic (exact) mass is 434 g/mol. The number of alkyl halides is 3. The predicted octanol–water partition coefficient (Wildman–Crippen LogP) is 3.28. The Morgan fingerprint density at radius 1 is 1.42 bits per heavy atom. The number of nitriles is 1. The quantitative estimate of drug-likeness (QED) is 0.643. The third-order valence-electron chi connectivity index (χ3n) is 4.94. The molecule has 0 aromatic carbocycles. The molecule has 1 fully saturated rings. The number of aliphatic carboxylic acids is 1. The van der Waals surface area contributed by atoms with Gasteiger partial charge in [-0.25, -0.2) is 14.8 Å². The van der Waals surface area contributed by atoms with Gasteiger partial charge in [-0.1, -0.05) is 0 Å². The number of halogens is 3. The zero-order valence-corrected chi connectivity index (χ0v) is 16.0. The van der Waals surface area contributed by atoms with E-state index in [4.69, 9.17) is 15.2 Å². The van der Waals surface area contributed by atoms with Crippen LogP contribution < -0.4 is 0 Å². The average Bonchev–Trinajstić information content (AvgIpc) is 3.46. The molecule has 2 N–H and O–H groups in total. The molecule has 4 rings (SSSR count). The van der Waals surface area contributed by atoms with Crippen molar-refractivity contribution >= 4 is 22.8 Å². The van der Waals surface area contributed by atoms with Gasteiger partial charge in [0.2, 0.25) is 0 Å². The summed E-state index contributed by atoms with van der Waals surface area (Å²) in [5.41, 5.74) is 2.47. The number of carboxylic acids is 1. The zero-order valence-electron chi connectivity index (χ0n) is 16.0. The van der Waals surface area contributed by atoms with Gasteiger partial charge >= 0.3 is 12.1 Å². The fourth-order valence-electron chi connectivity index (χ4n) is 3.49. The number of carboxylic acid groups (broad SMARTS) is 1. The summed E-state index contributed by atoms with van der Waals surface area (Å²) in [4.78, 5) is 32.1. The van der Waals surface area contributed by atoms with Crippen molar-refractivity contribution in [3.8, 4) is 17.3 Å². The number of aromatic nitrogens is 5. The third kappa shape index (κ3) is 5.06. The highest BCUT2D eigenvalue weighted by Gasteiger charge is 2.38. The number of carbonyl (C=O) groups excluding carboxylic acids is 1. The Hall–Kier alpha value is -3.75. The summed E-state index contributed by atoms with van der Waals surface area (Å²) in [6, 6.07) is 4.09. The minimum atomic E-state index is -5.08. The lowest BCUT2D eigenvalue weighted by atomic mass is 9.96. The molecule has 0 aliphatic heterocycles. The van der Waals surface area contributed by atoms with Crippen molar-refractivity contribution in [3.63, 3.8) is 0 Å². The number of H-pyrrole nitrogens is 1. The highest BCUT2D eigenvalue weighted by Crippen LogP contribution is 2.35. The SMILES string of the molecule is N#CCC([C@H]1CCC(=O)C1)n1cc(-c2ncnc3[nH]ccc23)cn1.O=C(O)C(F)(F)F. The second-order valence-electron chi connectivity index (χ2n) is 6.95. The lowest BCUT2D eigenvalue weighted by molar-refractivity contribution is -0.192. The van der Waals surface area contributed by atoms with Gasteiger partial charge in [0, 0.05) is 36.2 Å². The van der Waals surface area contributed by atoms with Gasteiger partial charge in [0.1, 0.15) is 17.8 Å². The summed E-state index contributed by atoms with van der Waals surface area (Å²) in [7, 11) is 0. The van der Waals surface area contributed by atoms with E-state index in [0.717, 1.165) is 28.7 Å². The van der Waals surface area contributed by atoms with Gasteiger partial charge in [0.15, 0.2) is 0 Å². The fraction of sp³-hybridized carbons (Fsp3) is 0.368. The molecule has 1 saturated carbocycles. The third-order valence-corrected chi connectivity index (χ3v) is 4.94. The number of fused-ring (bicyclic) bond motifs is 1. The number of hydrogen-bond donors (Lipinski definition) is 2. The number of Topliss-reactive ketones (excluding diaryl/α,β-unsaturated/α-hetero) is 1. The second-order valence-corrected chi connectivity index (χ2v) is 6.95. The Balaban J connectivity index is 0.000000339. The molecule has 1 unspecified atom stereocenters.